The Hall–Kier alpha value is 0.300. The van der Waals surface area contributed by atoms with Crippen molar-refractivity contribution >= 4 is 40.8 Å². The third kappa shape index (κ3) is 2.62. The average molecular weight is 248 g/mol. The van der Waals surface area contributed by atoms with Crippen molar-refractivity contribution in [2.45, 2.75) is 30.0 Å². The summed E-state index contributed by atoms with van der Waals surface area (Å²) in [7, 11) is 0. The largest absolute Gasteiger partial charge is 0.431 e. The molecule has 0 amide bonds. The molecular weight excluding hydrogens is 238 g/mol. The van der Waals surface area contributed by atoms with Gasteiger partial charge < -0.3 is 9.47 Å². The van der Waals surface area contributed by atoms with E-state index >= 15 is 0 Å². The zero-order valence-corrected chi connectivity index (χ0v) is 9.36. The molecule has 1 aliphatic heterocycles. The van der Waals surface area contributed by atoms with E-state index in [0.717, 1.165) is 0 Å². The van der Waals surface area contributed by atoms with Crippen molar-refractivity contribution in [1.82, 2.24) is 0 Å². The molecule has 3 atom stereocenters. The van der Waals surface area contributed by atoms with Gasteiger partial charge in [-0.05, 0) is 13.8 Å². The van der Waals surface area contributed by atoms with E-state index in [-0.39, 0.29) is 12.0 Å². The number of rotatable bonds is 0. The lowest BCUT2D eigenvalue weighted by molar-refractivity contribution is -0.223. The Morgan fingerprint density at radius 2 is 1.85 bits per heavy atom. The molecule has 0 radical (unpaired) electrons. The Labute approximate surface area is 91.2 Å². The van der Waals surface area contributed by atoms with E-state index in [1.165, 1.54) is 0 Å². The van der Waals surface area contributed by atoms with Crippen molar-refractivity contribution < 1.29 is 14.3 Å². The number of hydrogen-bond acceptors (Lipinski definition) is 3. The number of ether oxygens (including phenoxy) is 2. The molecule has 76 valence electrons. The summed E-state index contributed by atoms with van der Waals surface area (Å²) >= 11 is 16.6. The van der Waals surface area contributed by atoms with E-state index in [1.54, 1.807) is 13.8 Å². The first-order valence-electron chi connectivity index (χ1n) is 3.75. The summed E-state index contributed by atoms with van der Waals surface area (Å²) in [4.78, 5) is 11.2. The highest BCUT2D eigenvalue weighted by Crippen LogP contribution is 2.36. The van der Waals surface area contributed by atoms with Crippen LogP contribution in [-0.2, 0) is 14.3 Å². The molecule has 1 unspecified atom stereocenters. The number of carbonyl (C=O) groups excluding carboxylic acids is 1. The molecule has 1 rings (SSSR count). The first kappa shape index (κ1) is 11.4. The van der Waals surface area contributed by atoms with E-state index in [2.05, 4.69) is 0 Å². The fourth-order valence-electron chi connectivity index (χ4n) is 0.889. The number of cyclic esters (lactones) is 1. The van der Waals surface area contributed by atoms with Crippen LogP contribution < -0.4 is 0 Å². The number of halogens is 3. The lowest BCUT2D eigenvalue weighted by Gasteiger charge is -2.34. The Bertz CT molecular complexity index is 214. The molecule has 0 saturated carbocycles. The number of carbonyl (C=O) groups is 1. The van der Waals surface area contributed by atoms with Crippen LogP contribution >= 0.6 is 34.8 Å². The molecule has 6 heteroatoms. The Balaban J connectivity index is 2.69. The zero-order chi connectivity index (χ0) is 10.2. The molecule has 3 nitrogen and oxygen atoms in total. The van der Waals surface area contributed by atoms with E-state index in [4.69, 9.17) is 44.3 Å². The van der Waals surface area contributed by atoms with Gasteiger partial charge in [0.05, 0.1) is 12.0 Å². The van der Waals surface area contributed by atoms with Crippen molar-refractivity contribution in [3.63, 3.8) is 0 Å². The van der Waals surface area contributed by atoms with Crippen LogP contribution in [-0.4, -0.2) is 22.2 Å². The summed E-state index contributed by atoms with van der Waals surface area (Å²) in [5.74, 6) is -0.737. The molecule has 1 saturated heterocycles. The maximum atomic E-state index is 11.2. The lowest BCUT2D eigenvalue weighted by atomic mass is 10.1. The lowest BCUT2D eigenvalue weighted by Crippen LogP contribution is -2.46. The normalized spacial score (nSPS) is 35.8. The highest BCUT2D eigenvalue weighted by molar-refractivity contribution is 6.68. The van der Waals surface area contributed by atoms with Gasteiger partial charge in [-0.25, -0.2) is 0 Å². The van der Waals surface area contributed by atoms with Crippen LogP contribution in [0.2, 0.25) is 0 Å². The Morgan fingerprint density at radius 1 is 1.31 bits per heavy atom. The predicted octanol–water partition coefficient (Wildman–Crippen LogP) is 2.28. The number of esters is 1. The Morgan fingerprint density at radius 3 is 2.23 bits per heavy atom. The maximum Gasteiger partial charge on any atom is 0.313 e. The molecule has 1 aliphatic rings. The summed E-state index contributed by atoms with van der Waals surface area (Å²) in [5, 5.41) is 0. The van der Waals surface area contributed by atoms with Crippen LogP contribution in [0.4, 0.5) is 0 Å². The summed E-state index contributed by atoms with van der Waals surface area (Å²) in [5.41, 5.74) is 0. The maximum absolute atomic E-state index is 11.2. The molecule has 0 N–H and O–H groups in total. The van der Waals surface area contributed by atoms with Crippen LogP contribution in [0.5, 0.6) is 0 Å². The van der Waals surface area contributed by atoms with Gasteiger partial charge >= 0.3 is 5.97 Å². The van der Waals surface area contributed by atoms with Gasteiger partial charge in [-0.3, -0.25) is 4.79 Å². The van der Waals surface area contributed by atoms with E-state index < -0.39 is 16.1 Å². The summed E-state index contributed by atoms with van der Waals surface area (Å²) < 4.78 is 8.24. The molecule has 1 heterocycles. The van der Waals surface area contributed by atoms with Crippen LogP contribution in [0.3, 0.4) is 0 Å². The fraction of sp³-hybridized carbons (Fsp3) is 0.857. The van der Waals surface area contributed by atoms with Crippen molar-refractivity contribution in [2.75, 3.05) is 0 Å². The van der Waals surface area contributed by atoms with E-state index in [0.29, 0.717) is 0 Å². The Kier molecular flexibility index (Phi) is 3.33. The predicted molar refractivity (Wildman–Crippen MR) is 49.9 cm³/mol. The van der Waals surface area contributed by atoms with E-state index in [9.17, 15) is 4.79 Å². The molecule has 0 spiro atoms. The quantitative estimate of drug-likeness (QED) is 0.487. The topological polar surface area (TPSA) is 35.5 Å². The molecule has 0 aromatic carbocycles. The number of alkyl halides is 3. The number of hydrogen-bond donors (Lipinski definition) is 0. The van der Waals surface area contributed by atoms with Gasteiger partial charge in [0, 0.05) is 0 Å². The van der Waals surface area contributed by atoms with Crippen molar-refractivity contribution in [1.29, 1.82) is 0 Å². The van der Waals surface area contributed by atoms with Gasteiger partial charge in [0.2, 0.25) is 0 Å². The monoisotopic (exact) mass is 246 g/mol. The highest BCUT2D eigenvalue weighted by Gasteiger charge is 2.44. The molecule has 0 aliphatic carbocycles. The fourth-order valence-corrected chi connectivity index (χ4v) is 1.18. The second kappa shape index (κ2) is 3.81. The molecule has 0 aromatic heterocycles. The van der Waals surface area contributed by atoms with Gasteiger partial charge in [0.15, 0.2) is 0 Å². The van der Waals surface area contributed by atoms with Crippen LogP contribution in [0.15, 0.2) is 0 Å². The van der Waals surface area contributed by atoms with Gasteiger partial charge in [-0.15, -0.1) is 0 Å². The van der Waals surface area contributed by atoms with Gasteiger partial charge in [0.1, 0.15) is 0 Å². The second-order valence-corrected chi connectivity index (χ2v) is 5.31. The van der Waals surface area contributed by atoms with Crippen molar-refractivity contribution in [3.8, 4) is 0 Å². The van der Waals surface area contributed by atoms with Crippen LogP contribution in [0, 0.1) is 5.92 Å². The minimum Gasteiger partial charge on any atom is -0.431 e. The van der Waals surface area contributed by atoms with Crippen molar-refractivity contribution in [3.05, 3.63) is 0 Å². The minimum atomic E-state index is -1.73. The average Bonchev–Trinajstić information content (AvgIpc) is 1.97. The molecule has 0 aromatic rings. The molecule has 1 fully saturated rings. The third-order valence-corrected chi connectivity index (χ3v) is 2.44. The second-order valence-electron chi connectivity index (χ2n) is 2.94. The summed E-state index contributed by atoms with van der Waals surface area (Å²) in [6, 6.07) is 0. The van der Waals surface area contributed by atoms with Crippen molar-refractivity contribution in [2.24, 2.45) is 5.92 Å². The standard InChI is InChI=1S/C7H9Cl3O3/c1-3-4(2)12-6(7(8,9)10)13-5(3)11/h3-4,6H,1-2H3/t3?,4-,6-/m1/s1. The first-order valence-corrected chi connectivity index (χ1v) is 4.88. The third-order valence-electron chi connectivity index (χ3n) is 1.90. The minimum absolute atomic E-state index is 0.304. The smallest absolute Gasteiger partial charge is 0.313 e. The highest BCUT2D eigenvalue weighted by atomic mass is 35.6. The molecule has 0 bridgehead atoms. The summed E-state index contributed by atoms with van der Waals surface area (Å²) in [6.45, 7) is 3.43. The first-order chi connectivity index (χ1) is 5.82. The van der Waals surface area contributed by atoms with Gasteiger partial charge in [-0.1, -0.05) is 34.8 Å². The molecular formula is C7H9Cl3O3. The van der Waals surface area contributed by atoms with Gasteiger partial charge in [-0.2, -0.15) is 0 Å². The molecule has 13 heavy (non-hydrogen) atoms. The zero-order valence-electron chi connectivity index (χ0n) is 7.09. The van der Waals surface area contributed by atoms with Crippen LogP contribution in [0.1, 0.15) is 13.8 Å². The van der Waals surface area contributed by atoms with E-state index in [1.807, 2.05) is 0 Å². The summed E-state index contributed by atoms with van der Waals surface area (Å²) in [6.07, 6.45) is -1.42. The van der Waals surface area contributed by atoms with Crippen LogP contribution in [0.25, 0.3) is 0 Å². The van der Waals surface area contributed by atoms with Gasteiger partial charge in [0.25, 0.3) is 10.1 Å². The SMILES string of the molecule is CC1C(=O)O[C@H](C(Cl)(Cl)Cl)O[C@@H]1C.